The Morgan fingerprint density at radius 3 is 1.84 bits per heavy atom. The molecule has 0 unspecified atom stereocenters. The molecule has 4 saturated carbocycles. The molecule has 98 heavy (non-hydrogen) atoms. The number of fused-ring (bicyclic) bond motifs is 4. The Labute approximate surface area is 592 Å². The number of hydrogen-bond donors (Lipinski definition) is 1. The van der Waals surface area contributed by atoms with Crippen LogP contribution in [0.1, 0.15) is 148 Å². The van der Waals surface area contributed by atoms with Crippen molar-refractivity contribution in [1.82, 2.24) is 35.1 Å². The van der Waals surface area contributed by atoms with E-state index in [4.69, 9.17) is 71.6 Å². The molecule has 4 aliphatic carbocycles. The lowest BCUT2D eigenvalue weighted by molar-refractivity contribution is -0.152. The van der Waals surface area contributed by atoms with Crippen LogP contribution >= 0.6 is 45.9 Å². The number of benzene rings is 2. The van der Waals surface area contributed by atoms with Crippen LogP contribution < -0.4 is 24.3 Å². The first-order valence-corrected chi connectivity index (χ1v) is 36.7. The summed E-state index contributed by atoms with van der Waals surface area (Å²) >= 11 is 16.6. The van der Waals surface area contributed by atoms with Gasteiger partial charge in [-0.3, -0.25) is 24.0 Å². The third-order valence-electron chi connectivity index (χ3n) is 19.8. The van der Waals surface area contributed by atoms with Crippen LogP contribution in [0.4, 0.5) is 0 Å². The summed E-state index contributed by atoms with van der Waals surface area (Å²) in [4.78, 5) is 105. The minimum atomic E-state index is -1.17. The van der Waals surface area contributed by atoms with Crippen LogP contribution in [0.15, 0.2) is 84.6 Å². The number of nitrogens with one attached hydrogen (secondary N) is 1. The maximum Gasteiger partial charge on any atom is 0.332 e. The molecule has 4 fully saturated rings. The van der Waals surface area contributed by atoms with Gasteiger partial charge in [0.15, 0.2) is 0 Å². The number of methoxy groups -OCH3 is 2. The molecule has 10 atom stereocenters. The first kappa shape index (κ1) is 73.3. The van der Waals surface area contributed by atoms with Crippen molar-refractivity contribution in [1.29, 1.82) is 0 Å². The molecule has 0 radical (unpaired) electrons. The smallest absolute Gasteiger partial charge is 0.332 e. The van der Waals surface area contributed by atoms with E-state index in [1.165, 1.54) is 22.7 Å². The summed E-state index contributed by atoms with van der Waals surface area (Å²) in [5, 5.41) is 10.6. The van der Waals surface area contributed by atoms with E-state index in [0.717, 1.165) is 59.9 Å². The Morgan fingerprint density at radius 2 is 1.31 bits per heavy atom. The normalized spacial score (nSPS) is 24.7. The van der Waals surface area contributed by atoms with E-state index in [1.807, 2.05) is 48.1 Å². The number of thiazole rings is 2. The average molecular weight is 1420 g/mol. The van der Waals surface area contributed by atoms with Crippen LogP contribution in [-0.2, 0) is 38.2 Å². The monoisotopic (exact) mass is 1420 g/mol. The minimum absolute atomic E-state index is 0.0286. The first-order chi connectivity index (χ1) is 47.0. The molecule has 524 valence electrons. The molecule has 3 amide bonds. The number of ketones is 1. The van der Waals surface area contributed by atoms with E-state index < -0.39 is 52.8 Å². The van der Waals surface area contributed by atoms with Crippen molar-refractivity contribution < 1.29 is 57.2 Å². The maximum atomic E-state index is 14.2. The molecule has 5 aliphatic rings. The lowest BCUT2D eigenvalue weighted by Gasteiger charge is -2.26. The number of halogens is 2. The molecule has 5 heterocycles. The van der Waals surface area contributed by atoms with E-state index in [1.54, 1.807) is 63.1 Å². The number of carbonyl (C=O) groups is 6. The Kier molecular flexibility index (Phi) is 23.8. The van der Waals surface area contributed by atoms with E-state index in [2.05, 4.69) is 58.3 Å². The Hall–Kier alpha value is -7.46. The molecule has 11 rings (SSSR count). The maximum absolute atomic E-state index is 14.2. The van der Waals surface area contributed by atoms with Gasteiger partial charge in [0.05, 0.1) is 73.0 Å². The lowest BCUT2D eigenvalue weighted by Crippen LogP contribution is -2.50. The number of rotatable bonds is 23. The van der Waals surface area contributed by atoms with Crippen LogP contribution in [-0.4, -0.2) is 138 Å². The van der Waals surface area contributed by atoms with Crippen molar-refractivity contribution in [2.75, 3.05) is 54.6 Å². The summed E-state index contributed by atoms with van der Waals surface area (Å²) < 4.78 is 35.3. The first-order valence-electron chi connectivity index (χ1n) is 34.2. The van der Waals surface area contributed by atoms with Gasteiger partial charge in [-0.1, -0.05) is 75.2 Å². The summed E-state index contributed by atoms with van der Waals surface area (Å²) in [6, 6.07) is 11.0. The zero-order valence-electron chi connectivity index (χ0n) is 57.8. The molecule has 23 heteroatoms. The fourth-order valence-electron chi connectivity index (χ4n) is 13.9. The van der Waals surface area contributed by atoms with Gasteiger partial charge in [-0.05, 0) is 133 Å². The highest BCUT2D eigenvalue weighted by molar-refractivity contribution is 7.13. The van der Waals surface area contributed by atoms with Crippen molar-refractivity contribution in [3.63, 3.8) is 0 Å². The summed E-state index contributed by atoms with van der Waals surface area (Å²) in [6.07, 6.45) is 14.4. The van der Waals surface area contributed by atoms with E-state index in [9.17, 15) is 28.8 Å². The standard InChI is InChI=1S/C38H47ClN4O6S.C37H44ClN3O6S/c1-8-11-12-13-16-43(6)36(45)27-18-24(17-26(27)34(44)42-38(20-23(38)9-2)37(46)48-10-3)49-31-19-28(35-41-29(21-50-35)22(4)5)40-33-25(31)14-15-30(47-7)32(33)39;1-6-46-36(44)37-18-22(37)11-9-7-8-10-14-41(4)35(43)26-16-23(15-25(26)29(42)19-37)47-31-17-27(34-40-28(20-48-34)21(2)3)39-33-24(31)12-13-30(45-5)32(33)38/h8-9,14-15,19,21-24,26-27H,1-2,10-13,16-18,20H2,3-7H3,(H,42,44);9,11-13,17,20-23,25-26H,6-8,10,14-16,18-19H2,1-5H3/b;11-9-/t23-,24-,26-,27-,38-;22-,23-,25-,26-,37-/m11/s1. The highest BCUT2D eigenvalue weighted by Crippen LogP contribution is 2.59. The largest absolute Gasteiger partial charge is 0.495 e. The third kappa shape index (κ3) is 15.8. The molecular weight excluding hydrogens is 1330 g/mol. The van der Waals surface area contributed by atoms with E-state index in [-0.39, 0.29) is 79.2 Å². The molecule has 19 nitrogen and oxygen atoms in total. The molecule has 1 N–H and O–H groups in total. The van der Waals surface area contributed by atoms with Gasteiger partial charge >= 0.3 is 11.9 Å². The molecule has 0 saturated heterocycles. The van der Waals surface area contributed by atoms with Crippen molar-refractivity contribution in [3.05, 3.63) is 106 Å². The predicted molar refractivity (Wildman–Crippen MR) is 383 cm³/mol. The molecule has 0 bridgehead atoms. The van der Waals surface area contributed by atoms with Crippen molar-refractivity contribution in [2.45, 2.75) is 155 Å². The lowest BCUT2D eigenvalue weighted by atomic mass is 9.84. The third-order valence-corrected chi connectivity index (χ3v) is 22.3. The van der Waals surface area contributed by atoms with Gasteiger partial charge in [0.25, 0.3) is 0 Å². The number of Topliss-reactive ketones (excluding diaryl/α,β-unsaturated/α-hetero) is 1. The number of allylic oxidation sites excluding steroid dienone is 3. The van der Waals surface area contributed by atoms with E-state index in [0.29, 0.717) is 111 Å². The van der Waals surface area contributed by atoms with Crippen molar-refractivity contribution in [2.24, 2.45) is 40.9 Å². The molecule has 1 aliphatic heterocycles. The summed E-state index contributed by atoms with van der Waals surface area (Å²) in [5.41, 5.74) is 2.14. The van der Waals surface area contributed by atoms with Crippen LogP contribution in [0.25, 0.3) is 43.2 Å². The van der Waals surface area contributed by atoms with Gasteiger partial charge in [-0.25, -0.2) is 24.7 Å². The van der Waals surface area contributed by atoms with Crippen molar-refractivity contribution >= 4 is 103 Å². The zero-order valence-corrected chi connectivity index (χ0v) is 60.9. The SMILES string of the molecule is C=CCCCCN(C)C(=O)[C@@H]1C[C@H](Oc2cc(-c3nc(C(C)C)cs3)nc3c(Cl)c(OC)ccc23)C[C@H]1C(=O)N[C@]1(C(=O)OCC)C[C@H]1C=C.CCOC(=O)[C@]12CC(=O)[C@@H]3C[C@@H](Oc4cc(-c5nc(C(C)C)cs5)nc5c(Cl)c(OC)ccc45)C[C@H]3C(=O)N(C)CCCC/C=C\[C@@H]1C2. The van der Waals surface area contributed by atoms with Gasteiger partial charge < -0.3 is 43.5 Å². The summed E-state index contributed by atoms with van der Waals surface area (Å²) in [5.74, 6) is -1.68. The second kappa shape index (κ2) is 31.8. The molecule has 6 aromatic rings. The topological polar surface area (TPSA) is 228 Å². The highest BCUT2D eigenvalue weighted by atomic mass is 35.5. The molecule has 4 aromatic heterocycles. The number of amides is 3. The number of hydrogen-bond acceptors (Lipinski definition) is 18. The Bertz CT molecular complexity index is 4000. The number of esters is 2. The number of ether oxygens (including phenoxy) is 6. The number of pyridine rings is 2. The van der Waals surface area contributed by atoms with Crippen molar-refractivity contribution in [3.8, 4) is 44.4 Å². The summed E-state index contributed by atoms with van der Waals surface area (Å²) in [6.45, 7) is 21.1. The van der Waals surface area contributed by atoms with Gasteiger partial charge in [0, 0.05) is 79.1 Å². The highest BCUT2D eigenvalue weighted by Gasteiger charge is 2.63. The number of aromatic nitrogens is 4. The Morgan fingerprint density at radius 1 is 0.745 bits per heavy atom. The fourth-order valence-corrected chi connectivity index (χ4v) is 16.3. The second-order valence-electron chi connectivity index (χ2n) is 27.1. The molecule has 2 aromatic carbocycles. The van der Waals surface area contributed by atoms with Crippen LogP contribution in [0.5, 0.6) is 23.0 Å². The number of unbranched alkanes of at least 4 members (excludes halogenated alkanes) is 2. The fraction of sp³-hybridized carbons (Fsp3) is 0.520. The number of nitrogens with zero attached hydrogens (tertiary/aromatic N) is 6. The van der Waals surface area contributed by atoms with Crippen LogP contribution in [0.3, 0.4) is 0 Å². The summed E-state index contributed by atoms with van der Waals surface area (Å²) in [7, 11) is 6.69. The molecule has 0 spiro atoms. The second-order valence-corrected chi connectivity index (χ2v) is 29.5. The van der Waals surface area contributed by atoms with Crippen LogP contribution in [0, 0.1) is 40.9 Å². The quantitative estimate of drug-likeness (QED) is 0.0357. The Balaban J connectivity index is 0.000000213. The van der Waals surface area contributed by atoms with Gasteiger partial charge in [0.2, 0.25) is 17.7 Å². The number of carbonyl (C=O) groups excluding carboxylic acids is 6. The predicted octanol–water partition coefficient (Wildman–Crippen LogP) is 15.0. The molecular formula is C75H91Cl2N7O12S2. The van der Waals surface area contributed by atoms with Gasteiger partial charge in [-0.15, -0.1) is 35.8 Å². The van der Waals surface area contributed by atoms with Crippen LogP contribution in [0.2, 0.25) is 10.0 Å². The zero-order chi connectivity index (χ0) is 70.3. The minimum Gasteiger partial charge on any atom is -0.495 e. The van der Waals surface area contributed by atoms with Gasteiger partial charge in [0.1, 0.15) is 78.0 Å². The van der Waals surface area contributed by atoms with Gasteiger partial charge in [-0.2, -0.15) is 0 Å². The van der Waals surface area contributed by atoms with E-state index >= 15 is 0 Å². The average Bonchev–Trinajstić information content (AvgIpc) is 1.57.